The van der Waals surface area contributed by atoms with Crippen LogP contribution in [-0.2, 0) is 9.59 Å². The van der Waals surface area contributed by atoms with Crippen LogP contribution in [-0.4, -0.2) is 32.8 Å². The minimum Gasteiger partial charge on any atom is -0.447 e. The van der Waals surface area contributed by atoms with Gasteiger partial charge in [-0.25, -0.2) is 0 Å². The summed E-state index contributed by atoms with van der Waals surface area (Å²) in [7, 11) is 0. The summed E-state index contributed by atoms with van der Waals surface area (Å²) in [6.07, 6.45) is -0.610. The number of nitrogens with zero attached hydrogens (tertiary/aromatic N) is 4. The first-order chi connectivity index (χ1) is 16.5. The molecule has 4 rings (SSSR count). The molecule has 1 aliphatic heterocycles. The molecule has 0 unspecified atom stereocenters. The third-order valence-electron chi connectivity index (χ3n) is 5.11. The Hall–Kier alpha value is -3.17. The second-order valence-corrected chi connectivity index (χ2v) is 8.96. The van der Waals surface area contributed by atoms with E-state index in [1.807, 2.05) is 31.2 Å². The molecule has 3 aromatic rings. The summed E-state index contributed by atoms with van der Waals surface area (Å²) in [5.41, 5.74) is 2.07. The van der Waals surface area contributed by atoms with Crippen molar-refractivity contribution in [2.75, 3.05) is 10.7 Å². The molecule has 10 heteroatoms. The van der Waals surface area contributed by atoms with Crippen LogP contribution in [0.25, 0.3) is 11.3 Å². The lowest BCUT2D eigenvalue weighted by molar-refractivity contribution is -0.134. The Morgan fingerprint density at radius 2 is 1.91 bits per heavy atom. The maximum absolute atomic E-state index is 13.3. The Kier molecular flexibility index (Phi) is 7.33. The first-order valence-corrected chi connectivity index (χ1v) is 12.3. The van der Waals surface area contributed by atoms with E-state index in [-0.39, 0.29) is 30.4 Å². The van der Waals surface area contributed by atoms with Crippen molar-refractivity contribution < 1.29 is 19.1 Å². The van der Waals surface area contributed by atoms with E-state index in [1.165, 1.54) is 16.7 Å². The minimum atomic E-state index is -1.01. The van der Waals surface area contributed by atoms with E-state index >= 15 is 0 Å². The Balaban J connectivity index is 1.97. The predicted octanol–water partition coefficient (Wildman–Crippen LogP) is 5.45. The Labute approximate surface area is 206 Å². The number of para-hydroxylation sites is 1. The third-order valence-corrected chi connectivity index (χ3v) is 6.06. The Morgan fingerprint density at radius 3 is 2.65 bits per heavy atom. The molecule has 0 saturated heterocycles. The van der Waals surface area contributed by atoms with Crippen LogP contribution in [0.3, 0.4) is 0 Å². The average molecular weight is 499 g/mol. The number of hydrogen-bond acceptors (Lipinski definition) is 8. The number of halogens is 1. The quantitative estimate of drug-likeness (QED) is 0.251. The van der Waals surface area contributed by atoms with Gasteiger partial charge in [0.05, 0.1) is 11.3 Å². The molecule has 0 fully saturated rings. The first-order valence-electron chi connectivity index (χ1n) is 10.9. The van der Waals surface area contributed by atoms with Crippen molar-refractivity contribution in [2.24, 2.45) is 0 Å². The van der Waals surface area contributed by atoms with E-state index in [0.29, 0.717) is 32.7 Å². The molecule has 1 atom stereocenters. The van der Waals surface area contributed by atoms with Crippen molar-refractivity contribution in [3.8, 4) is 22.9 Å². The van der Waals surface area contributed by atoms with Gasteiger partial charge < -0.3 is 9.47 Å². The number of aromatic nitrogens is 3. The van der Waals surface area contributed by atoms with E-state index < -0.39 is 12.2 Å². The molecule has 0 bridgehead atoms. The maximum atomic E-state index is 13.3. The molecule has 0 N–H and O–H groups in total. The zero-order chi connectivity index (χ0) is 24.2. The summed E-state index contributed by atoms with van der Waals surface area (Å²) in [5.74, 6) is 0.613. The first kappa shape index (κ1) is 24.0. The van der Waals surface area contributed by atoms with Gasteiger partial charge in [-0.2, -0.15) is 4.98 Å². The zero-order valence-corrected chi connectivity index (χ0v) is 20.5. The number of carbonyl (C=O) groups is 2. The molecule has 0 aliphatic carbocycles. The maximum Gasteiger partial charge on any atom is 0.310 e. The van der Waals surface area contributed by atoms with Gasteiger partial charge in [-0.3, -0.25) is 14.5 Å². The fourth-order valence-corrected chi connectivity index (χ4v) is 4.23. The van der Waals surface area contributed by atoms with Crippen LogP contribution < -0.4 is 14.4 Å². The summed E-state index contributed by atoms with van der Waals surface area (Å²) in [4.78, 5) is 31.6. The SMILES string of the molecule is CCSc1nnc2c(n1)O[C@@H](c1cc(Cl)ccc1OC(=O)CC)N(C(=O)CC)c1ccccc1-2. The summed E-state index contributed by atoms with van der Waals surface area (Å²) in [6, 6.07) is 12.2. The van der Waals surface area contributed by atoms with Crippen molar-refractivity contribution >= 4 is 40.9 Å². The van der Waals surface area contributed by atoms with Crippen LogP contribution in [0, 0.1) is 0 Å². The molecule has 2 aromatic carbocycles. The number of benzene rings is 2. The van der Waals surface area contributed by atoms with Gasteiger partial charge in [-0.15, -0.1) is 10.2 Å². The van der Waals surface area contributed by atoms with Crippen LogP contribution in [0.5, 0.6) is 11.6 Å². The van der Waals surface area contributed by atoms with Crippen molar-refractivity contribution in [1.82, 2.24) is 15.2 Å². The van der Waals surface area contributed by atoms with Gasteiger partial charge in [-0.05, 0) is 30.0 Å². The van der Waals surface area contributed by atoms with E-state index in [0.717, 1.165) is 5.75 Å². The van der Waals surface area contributed by atoms with Gasteiger partial charge in [0.1, 0.15) is 5.75 Å². The van der Waals surface area contributed by atoms with Crippen LogP contribution in [0.4, 0.5) is 5.69 Å². The molecule has 1 amide bonds. The fraction of sp³-hybridized carbons (Fsp3) is 0.292. The highest BCUT2D eigenvalue weighted by atomic mass is 35.5. The van der Waals surface area contributed by atoms with Crippen molar-refractivity contribution in [3.63, 3.8) is 0 Å². The second kappa shape index (κ2) is 10.4. The average Bonchev–Trinajstić information content (AvgIpc) is 2.99. The largest absolute Gasteiger partial charge is 0.447 e. The lowest BCUT2D eigenvalue weighted by Gasteiger charge is -2.31. The lowest BCUT2D eigenvalue weighted by Crippen LogP contribution is -2.37. The smallest absolute Gasteiger partial charge is 0.310 e. The fourth-order valence-electron chi connectivity index (χ4n) is 3.55. The van der Waals surface area contributed by atoms with Gasteiger partial charge in [0.25, 0.3) is 0 Å². The van der Waals surface area contributed by atoms with Crippen molar-refractivity contribution in [3.05, 3.63) is 53.1 Å². The normalized spacial score (nSPS) is 14.5. The van der Waals surface area contributed by atoms with Gasteiger partial charge in [0.15, 0.2) is 5.69 Å². The highest BCUT2D eigenvalue weighted by Crippen LogP contribution is 2.45. The van der Waals surface area contributed by atoms with Crippen molar-refractivity contribution in [2.45, 2.75) is 45.0 Å². The van der Waals surface area contributed by atoms with Crippen LogP contribution >= 0.6 is 23.4 Å². The standard InChI is InChI=1S/C24H23ClN4O4S/c1-4-19(30)29-17-10-8-7-9-15(17)21-22(26-24(28-27-21)34-6-3)33-23(29)16-13-14(25)11-12-18(16)32-20(31)5-2/h7-13,23H,4-6H2,1-3H3/t23-/m0/s1. The number of thioether (sulfide) groups is 1. The molecule has 1 aromatic heterocycles. The molecular formula is C24H23ClN4O4S. The number of ether oxygens (including phenoxy) is 2. The number of fused-ring (bicyclic) bond motifs is 3. The highest BCUT2D eigenvalue weighted by Gasteiger charge is 2.37. The molecule has 8 nitrogen and oxygen atoms in total. The van der Waals surface area contributed by atoms with E-state index in [4.69, 9.17) is 21.1 Å². The second-order valence-electron chi connectivity index (χ2n) is 7.30. The predicted molar refractivity (Wildman–Crippen MR) is 130 cm³/mol. The van der Waals surface area contributed by atoms with E-state index in [2.05, 4.69) is 15.2 Å². The van der Waals surface area contributed by atoms with E-state index in [1.54, 1.807) is 32.0 Å². The summed E-state index contributed by atoms with van der Waals surface area (Å²) in [6.45, 7) is 5.46. The minimum absolute atomic E-state index is 0.186. The number of esters is 1. The summed E-state index contributed by atoms with van der Waals surface area (Å²) < 4.78 is 12.0. The number of amides is 1. The molecule has 1 aliphatic rings. The topological polar surface area (TPSA) is 94.5 Å². The van der Waals surface area contributed by atoms with Gasteiger partial charge in [0, 0.05) is 23.4 Å². The molecule has 2 heterocycles. The number of hydrogen-bond donors (Lipinski definition) is 0. The molecule has 176 valence electrons. The Bertz CT molecular complexity index is 1240. The van der Waals surface area contributed by atoms with Crippen molar-refractivity contribution in [1.29, 1.82) is 0 Å². The molecule has 34 heavy (non-hydrogen) atoms. The number of carbonyl (C=O) groups excluding carboxylic acids is 2. The molecule has 0 radical (unpaired) electrons. The highest BCUT2D eigenvalue weighted by molar-refractivity contribution is 7.99. The van der Waals surface area contributed by atoms with Crippen LogP contribution in [0.1, 0.15) is 45.4 Å². The van der Waals surface area contributed by atoms with Gasteiger partial charge in [0.2, 0.25) is 23.2 Å². The zero-order valence-electron chi connectivity index (χ0n) is 18.9. The van der Waals surface area contributed by atoms with Gasteiger partial charge >= 0.3 is 5.97 Å². The molecular weight excluding hydrogens is 476 g/mol. The lowest BCUT2D eigenvalue weighted by atomic mass is 10.1. The van der Waals surface area contributed by atoms with Crippen LogP contribution in [0.15, 0.2) is 47.6 Å². The molecule has 0 saturated carbocycles. The Morgan fingerprint density at radius 1 is 1.12 bits per heavy atom. The van der Waals surface area contributed by atoms with E-state index in [9.17, 15) is 9.59 Å². The molecule has 0 spiro atoms. The summed E-state index contributed by atoms with van der Waals surface area (Å²) in [5, 5.41) is 9.46. The number of anilines is 1. The summed E-state index contributed by atoms with van der Waals surface area (Å²) >= 11 is 7.76. The van der Waals surface area contributed by atoms with Gasteiger partial charge in [-0.1, -0.05) is 62.3 Å². The monoisotopic (exact) mass is 498 g/mol. The third kappa shape index (κ3) is 4.71. The van der Waals surface area contributed by atoms with Crippen LogP contribution in [0.2, 0.25) is 5.02 Å². The number of rotatable bonds is 6.